The summed E-state index contributed by atoms with van der Waals surface area (Å²) >= 11 is 0. The highest BCUT2D eigenvalue weighted by atomic mass is 16.2. The van der Waals surface area contributed by atoms with Crippen molar-refractivity contribution in [2.75, 3.05) is 19.0 Å². The molecule has 1 aromatic heterocycles. The van der Waals surface area contributed by atoms with E-state index in [4.69, 9.17) is 5.73 Å². The molecule has 0 radical (unpaired) electrons. The second-order valence-electron chi connectivity index (χ2n) is 7.90. The maximum atomic E-state index is 12.5. The Morgan fingerprint density at radius 2 is 1.76 bits per heavy atom. The number of benzene rings is 1. The number of aromatic nitrogens is 1. The zero-order chi connectivity index (χ0) is 21.6. The number of hydrogen-bond acceptors (Lipinski definition) is 5. The monoisotopic (exact) mass is 392 g/mol. The van der Waals surface area contributed by atoms with Crippen LogP contribution in [0.4, 0.5) is 5.82 Å². The molecule has 1 amide bonds. The molecule has 6 nitrogen and oxygen atoms in total. The molecule has 0 spiro atoms. The highest BCUT2D eigenvalue weighted by Crippen LogP contribution is 2.22. The summed E-state index contributed by atoms with van der Waals surface area (Å²) in [6.07, 6.45) is 3.45. The van der Waals surface area contributed by atoms with E-state index in [0.717, 1.165) is 11.4 Å². The van der Waals surface area contributed by atoms with Crippen molar-refractivity contribution in [2.24, 2.45) is 5.73 Å². The first-order chi connectivity index (χ1) is 13.7. The molecule has 0 aliphatic rings. The number of hydrogen-bond donors (Lipinski definition) is 2. The van der Waals surface area contributed by atoms with Crippen molar-refractivity contribution >= 4 is 23.6 Å². The normalized spacial score (nSPS) is 12.4. The van der Waals surface area contributed by atoms with Crippen molar-refractivity contribution < 1.29 is 9.59 Å². The fourth-order valence-electron chi connectivity index (χ4n) is 2.63. The van der Waals surface area contributed by atoms with Crippen molar-refractivity contribution in [1.82, 2.24) is 10.3 Å². The van der Waals surface area contributed by atoms with E-state index in [0.29, 0.717) is 23.1 Å². The number of nitrogens with zero attached hydrogens (tertiary/aromatic N) is 2. The highest BCUT2D eigenvalue weighted by Gasteiger charge is 2.15. The Morgan fingerprint density at radius 3 is 2.28 bits per heavy atom. The van der Waals surface area contributed by atoms with E-state index in [-0.39, 0.29) is 17.0 Å². The topological polar surface area (TPSA) is 88.3 Å². The molecule has 2 rings (SSSR count). The van der Waals surface area contributed by atoms with Gasteiger partial charge >= 0.3 is 0 Å². The van der Waals surface area contributed by atoms with Gasteiger partial charge in [0.2, 0.25) is 0 Å². The number of rotatable bonds is 6. The van der Waals surface area contributed by atoms with Crippen LogP contribution in [0.2, 0.25) is 0 Å². The molecule has 0 saturated carbocycles. The molecule has 0 bridgehead atoms. The second kappa shape index (κ2) is 9.19. The predicted molar refractivity (Wildman–Crippen MR) is 117 cm³/mol. The van der Waals surface area contributed by atoms with Gasteiger partial charge < -0.3 is 16.0 Å². The van der Waals surface area contributed by atoms with Crippen LogP contribution in [0.15, 0.2) is 60.4 Å². The van der Waals surface area contributed by atoms with Crippen LogP contribution in [-0.2, 0) is 10.2 Å². The first kappa shape index (κ1) is 21.9. The van der Waals surface area contributed by atoms with Gasteiger partial charge in [-0.1, -0.05) is 39.0 Å². The van der Waals surface area contributed by atoms with Gasteiger partial charge in [0, 0.05) is 31.4 Å². The van der Waals surface area contributed by atoms with Gasteiger partial charge in [0.1, 0.15) is 5.82 Å². The van der Waals surface area contributed by atoms with Crippen molar-refractivity contribution in [3.63, 3.8) is 0 Å². The molecule has 152 valence electrons. The maximum Gasteiger partial charge on any atom is 0.255 e. The third-order valence-electron chi connectivity index (χ3n) is 4.38. The van der Waals surface area contributed by atoms with Crippen molar-refractivity contribution in [2.45, 2.75) is 26.2 Å². The van der Waals surface area contributed by atoms with E-state index >= 15 is 0 Å². The summed E-state index contributed by atoms with van der Waals surface area (Å²) in [5, 5.41) is 2.63. The molecule has 29 heavy (non-hydrogen) atoms. The number of carbonyl (C=O) groups is 2. The smallest absolute Gasteiger partial charge is 0.255 e. The number of aldehydes is 1. The average Bonchev–Trinajstić information content (AvgIpc) is 2.70. The fourth-order valence-corrected chi connectivity index (χ4v) is 2.63. The van der Waals surface area contributed by atoms with Gasteiger partial charge in [-0.05, 0) is 41.3 Å². The largest absolute Gasteiger partial charge is 0.404 e. The summed E-state index contributed by atoms with van der Waals surface area (Å²) < 4.78 is 0. The molecule has 0 atom stereocenters. The summed E-state index contributed by atoms with van der Waals surface area (Å²) in [4.78, 5) is 30.4. The van der Waals surface area contributed by atoms with Gasteiger partial charge in [0.25, 0.3) is 5.91 Å². The van der Waals surface area contributed by atoms with Gasteiger partial charge in [-0.25, -0.2) is 4.98 Å². The van der Waals surface area contributed by atoms with Crippen molar-refractivity contribution in [3.05, 3.63) is 77.3 Å². The Kier molecular flexibility index (Phi) is 6.93. The minimum Gasteiger partial charge on any atom is -0.404 e. The van der Waals surface area contributed by atoms with E-state index in [9.17, 15) is 9.59 Å². The lowest BCUT2D eigenvalue weighted by atomic mass is 9.87. The highest BCUT2D eigenvalue weighted by molar-refractivity contribution is 5.99. The van der Waals surface area contributed by atoms with Crippen LogP contribution in [0.5, 0.6) is 0 Å². The van der Waals surface area contributed by atoms with E-state index in [1.807, 2.05) is 43.3 Å². The first-order valence-corrected chi connectivity index (χ1v) is 9.31. The van der Waals surface area contributed by atoms with Crippen LogP contribution >= 0.6 is 0 Å². The third kappa shape index (κ3) is 5.78. The zero-order valence-corrected chi connectivity index (χ0v) is 17.6. The molecule has 3 N–H and O–H groups in total. The van der Waals surface area contributed by atoms with E-state index < -0.39 is 0 Å². The summed E-state index contributed by atoms with van der Waals surface area (Å²) in [6, 6.07) is 12.8. The average molecular weight is 393 g/mol. The van der Waals surface area contributed by atoms with Crippen LogP contribution in [0.25, 0.3) is 5.57 Å². The lowest BCUT2D eigenvalue weighted by molar-refractivity contribution is -0.105. The predicted octanol–water partition coefficient (Wildman–Crippen LogP) is 3.26. The Bertz CT molecular complexity index is 936. The summed E-state index contributed by atoms with van der Waals surface area (Å²) in [7, 11) is 3.77. The summed E-state index contributed by atoms with van der Waals surface area (Å²) in [5.74, 6) is 0.390. The minimum absolute atomic E-state index is 0.00220. The Balaban J connectivity index is 2.23. The Morgan fingerprint density at radius 1 is 1.10 bits per heavy atom. The Hall–Kier alpha value is -3.41. The van der Waals surface area contributed by atoms with Crippen molar-refractivity contribution in [3.8, 4) is 0 Å². The third-order valence-corrected chi connectivity index (χ3v) is 4.38. The van der Waals surface area contributed by atoms with Gasteiger partial charge in [-0.15, -0.1) is 0 Å². The Labute approximate surface area is 172 Å². The molecule has 0 aliphatic heterocycles. The minimum atomic E-state index is -0.366. The van der Waals surface area contributed by atoms with Gasteiger partial charge in [0.15, 0.2) is 6.29 Å². The van der Waals surface area contributed by atoms with Crippen LogP contribution in [0.3, 0.4) is 0 Å². The number of nitrogens with two attached hydrogens (primary N) is 1. The molecule has 6 heteroatoms. The van der Waals surface area contributed by atoms with Crippen LogP contribution in [0.1, 0.15) is 42.4 Å². The molecule has 0 unspecified atom stereocenters. The van der Waals surface area contributed by atoms with Gasteiger partial charge in [0.05, 0.1) is 11.4 Å². The lowest BCUT2D eigenvalue weighted by Gasteiger charge is -2.19. The molecular formula is C23H28N4O2. The van der Waals surface area contributed by atoms with Crippen molar-refractivity contribution in [1.29, 1.82) is 0 Å². The van der Waals surface area contributed by atoms with E-state index in [2.05, 4.69) is 31.1 Å². The van der Waals surface area contributed by atoms with E-state index in [1.54, 1.807) is 18.2 Å². The molecule has 2 aromatic rings. The molecule has 1 aromatic carbocycles. The number of pyridine rings is 1. The second-order valence-corrected chi connectivity index (χ2v) is 7.90. The SMILES string of the molecule is CN(C)c1cccc(C(/C=C(\C=O)NC(=O)c2ccc(C(C)(C)C)cc2)=C/N)n1. The van der Waals surface area contributed by atoms with Gasteiger partial charge in [-0.2, -0.15) is 0 Å². The molecule has 0 aliphatic carbocycles. The number of anilines is 1. The number of carbonyl (C=O) groups excluding carboxylic acids is 2. The quantitative estimate of drug-likeness (QED) is 0.448. The molecule has 0 fully saturated rings. The van der Waals surface area contributed by atoms with Gasteiger partial charge in [-0.3, -0.25) is 9.59 Å². The fraction of sp³-hybridized carbons (Fsp3) is 0.261. The molecular weight excluding hydrogens is 364 g/mol. The maximum absolute atomic E-state index is 12.5. The van der Waals surface area contributed by atoms with E-state index in [1.165, 1.54) is 12.3 Å². The standard InChI is InChI=1S/C23H28N4O2/c1-23(2,3)18-11-9-16(10-12-18)22(29)25-19(15-28)13-17(14-24)20-7-6-8-21(26-20)27(4)5/h6-15H,24H2,1-5H3,(H,25,29)/b17-14+,19-13+. The number of amides is 1. The molecule has 0 saturated heterocycles. The lowest BCUT2D eigenvalue weighted by Crippen LogP contribution is -2.24. The zero-order valence-electron chi connectivity index (χ0n) is 17.6. The van der Waals surface area contributed by atoms with Crippen LogP contribution in [0, 0.1) is 0 Å². The molecule has 1 heterocycles. The van der Waals surface area contributed by atoms with Crippen LogP contribution in [-0.4, -0.2) is 31.3 Å². The van der Waals surface area contributed by atoms with Crippen LogP contribution < -0.4 is 16.0 Å². The number of nitrogens with one attached hydrogen (secondary N) is 1. The summed E-state index contributed by atoms with van der Waals surface area (Å²) in [6.45, 7) is 6.32. The number of allylic oxidation sites excluding steroid dienone is 3. The first-order valence-electron chi connectivity index (χ1n) is 9.31. The summed E-state index contributed by atoms with van der Waals surface area (Å²) in [5.41, 5.74) is 8.56.